The summed E-state index contributed by atoms with van der Waals surface area (Å²) >= 11 is 0. The molecule has 0 aliphatic heterocycles. The number of furan rings is 1. The maximum atomic E-state index is 14.1. The van der Waals surface area contributed by atoms with Crippen LogP contribution in [0.1, 0.15) is 71.1 Å². The number of fused-ring (bicyclic) bond motifs is 6. The second kappa shape index (κ2) is 10.1. The van der Waals surface area contributed by atoms with Crippen LogP contribution in [0.5, 0.6) is 0 Å². The number of unbranched alkanes of at least 4 members (excludes halogenated alkanes) is 9. The molecular weight excluding hydrogens is 574 g/mol. The van der Waals surface area contributed by atoms with Crippen molar-refractivity contribution >= 4 is 86.2 Å². The summed E-state index contributed by atoms with van der Waals surface area (Å²) in [6.45, 7) is 2.65. The molecule has 0 amide bonds. The molecule has 0 saturated carbocycles. The highest BCUT2D eigenvalue weighted by molar-refractivity contribution is 6.50. The maximum absolute atomic E-state index is 14.1. The smallest absolute Gasteiger partial charge is 0.347 e. The summed E-state index contributed by atoms with van der Waals surface area (Å²) in [6.07, 6.45) is 11.9. The van der Waals surface area contributed by atoms with Crippen molar-refractivity contribution in [3.63, 3.8) is 0 Å². The van der Waals surface area contributed by atoms with Crippen LogP contribution in [0.3, 0.4) is 0 Å². The van der Waals surface area contributed by atoms with Crippen LogP contribution in [0.25, 0.3) is 86.2 Å². The van der Waals surface area contributed by atoms with E-state index in [-0.39, 0.29) is 11.1 Å². The van der Waals surface area contributed by atoms with E-state index in [2.05, 4.69) is 6.92 Å². The van der Waals surface area contributed by atoms with E-state index < -0.39 is 11.3 Å². The fraction of sp³-hybridized carbons (Fsp3) is 0.300. The van der Waals surface area contributed by atoms with Crippen molar-refractivity contribution < 1.29 is 4.42 Å². The molecule has 6 nitrogen and oxygen atoms in total. The van der Waals surface area contributed by atoms with E-state index in [0.717, 1.165) is 73.1 Å². The quantitative estimate of drug-likeness (QED) is 0.0833. The first-order valence-corrected chi connectivity index (χ1v) is 16.8. The molecule has 0 bridgehead atoms. The Morgan fingerprint density at radius 2 is 0.804 bits per heavy atom. The minimum atomic E-state index is -0.630. The number of hydrogen-bond donors (Lipinski definition) is 0. The van der Waals surface area contributed by atoms with Crippen molar-refractivity contribution in [2.24, 2.45) is 0 Å². The van der Waals surface area contributed by atoms with Crippen molar-refractivity contribution in [2.45, 2.75) is 77.7 Å². The van der Waals surface area contributed by atoms with E-state index in [1.807, 2.05) is 48.5 Å². The highest BCUT2D eigenvalue weighted by Gasteiger charge is 2.28. The Kier molecular flexibility index (Phi) is 6.02. The Morgan fingerprint density at radius 1 is 0.435 bits per heavy atom. The van der Waals surface area contributed by atoms with E-state index in [4.69, 9.17) is 4.42 Å². The molecule has 0 aliphatic rings. The summed E-state index contributed by atoms with van der Waals surface area (Å²) in [5.74, 6) is 0. The fourth-order valence-corrected chi connectivity index (χ4v) is 8.62. The van der Waals surface area contributed by atoms with Gasteiger partial charge in [0.1, 0.15) is 0 Å². The Morgan fingerprint density at radius 3 is 1.22 bits per heavy atom. The molecule has 0 radical (unpaired) electrons. The number of benzene rings is 7. The summed E-state index contributed by atoms with van der Waals surface area (Å²) in [5.41, 5.74) is -1.71. The largest absolute Gasteiger partial charge is 0.386 e. The van der Waals surface area contributed by atoms with Crippen molar-refractivity contribution in [3.05, 3.63) is 90.1 Å². The zero-order valence-corrected chi connectivity index (χ0v) is 25.9. The van der Waals surface area contributed by atoms with Crippen LogP contribution in [-0.2, 0) is 6.54 Å². The van der Waals surface area contributed by atoms with Gasteiger partial charge in [0.05, 0.1) is 21.5 Å². The molecule has 228 valence electrons. The average Bonchev–Trinajstić information content (AvgIpc) is 3.51. The van der Waals surface area contributed by atoms with E-state index in [1.54, 1.807) is 0 Å². The highest BCUT2D eigenvalue weighted by atomic mass is 16.4. The highest BCUT2D eigenvalue weighted by Crippen LogP contribution is 2.51. The summed E-state index contributed by atoms with van der Waals surface area (Å²) in [7, 11) is 0. The lowest BCUT2D eigenvalue weighted by atomic mass is 9.80. The Labute approximate surface area is 262 Å². The van der Waals surface area contributed by atoms with E-state index in [9.17, 15) is 19.2 Å². The summed E-state index contributed by atoms with van der Waals surface area (Å²) in [4.78, 5) is 54.3. The van der Waals surface area contributed by atoms with Gasteiger partial charge < -0.3 is 4.42 Å². The van der Waals surface area contributed by atoms with Gasteiger partial charge in [-0.2, -0.15) is 0 Å². The third kappa shape index (κ3) is 3.53. The average molecular weight is 608 g/mol. The van der Waals surface area contributed by atoms with Gasteiger partial charge in [-0.25, -0.2) is 9.59 Å². The second-order valence-electron chi connectivity index (χ2n) is 13.3. The van der Waals surface area contributed by atoms with Gasteiger partial charge in [-0.3, -0.25) is 14.2 Å². The zero-order valence-electron chi connectivity index (χ0n) is 25.9. The number of hydrogen-bond acceptors (Lipinski definition) is 5. The molecule has 9 rings (SSSR count). The van der Waals surface area contributed by atoms with Gasteiger partial charge in [-0.1, -0.05) is 113 Å². The van der Waals surface area contributed by atoms with Crippen LogP contribution < -0.4 is 22.4 Å². The second-order valence-corrected chi connectivity index (χ2v) is 13.3. The third-order valence-corrected chi connectivity index (χ3v) is 10.7. The van der Waals surface area contributed by atoms with E-state index in [1.165, 1.54) is 49.5 Å². The molecule has 2 heterocycles. The first kappa shape index (κ1) is 27.5. The van der Waals surface area contributed by atoms with E-state index in [0.29, 0.717) is 38.9 Å². The molecule has 46 heavy (non-hydrogen) atoms. The van der Waals surface area contributed by atoms with Gasteiger partial charge in [-0.15, -0.1) is 0 Å². The molecule has 2 aromatic heterocycles. The minimum absolute atomic E-state index is 0.225. The molecular formula is C40H33NO5. The molecule has 7 aromatic carbocycles. The molecule has 0 N–H and O–H groups in total. The van der Waals surface area contributed by atoms with Gasteiger partial charge in [0, 0.05) is 6.54 Å². The Bertz CT molecular complexity index is 2650. The van der Waals surface area contributed by atoms with E-state index >= 15 is 0 Å². The Balaban J connectivity index is 1.25. The fourth-order valence-electron chi connectivity index (χ4n) is 8.62. The van der Waals surface area contributed by atoms with Crippen LogP contribution in [0, 0.1) is 0 Å². The molecule has 0 spiro atoms. The lowest BCUT2D eigenvalue weighted by molar-refractivity contribution is 0.500. The van der Waals surface area contributed by atoms with Gasteiger partial charge in [0.2, 0.25) is 0 Å². The van der Waals surface area contributed by atoms with Crippen LogP contribution >= 0.6 is 0 Å². The number of nitrogens with zero attached hydrogens (tertiary/aromatic N) is 1. The molecule has 9 aromatic rings. The molecule has 0 fully saturated rings. The predicted octanol–water partition coefficient (Wildman–Crippen LogP) is 8.86. The van der Waals surface area contributed by atoms with Gasteiger partial charge >= 0.3 is 11.3 Å². The van der Waals surface area contributed by atoms with Crippen LogP contribution in [0.4, 0.5) is 0 Å². The normalized spacial score (nSPS) is 12.9. The summed E-state index contributed by atoms with van der Waals surface area (Å²) in [5, 5.41) is 12.0. The van der Waals surface area contributed by atoms with Crippen LogP contribution in [0.2, 0.25) is 0 Å². The van der Waals surface area contributed by atoms with Crippen molar-refractivity contribution in [1.82, 2.24) is 4.57 Å². The third-order valence-electron chi connectivity index (χ3n) is 10.7. The van der Waals surface area contributed by atoms with Crippen LogP contribution in [-0.4, -0.2) is 4.57 Å². The lowest BCUT2D eigenvalue weighted by Gasteiger charge is -2.21. The van der Waals surface area contributed by atoms with Gasteiger partial charge in [0.15, 0.2) is 0 Å². The Hall–Kier alpha value is -4.84. The molecule has 0 aliphatic carbocycles. The van der Waals surface area contributed by atoms with Gasteiger partial charge in [0.25, 0.3) is 11.1 Å². The van der Waals surface area contributed by atoms with Crippen molar-refractivity contribution in [3.8, 4) is 0 Å². The zero-order chi connectivity index (χ0) is 31.3. The molecule has 0 atom stereocenters. The summed E-state index contributed by atoms with van der Waals surface area (Å²) < 4.78 is 6.60. The first-order chi connectivity index (χ1) is 22.5. The van der Waals surface area contributed by atoms with Crippen molar-refractivity contribution in [2.75, 3.05) is 0 Å². The minimum Gasteiger partial charge on any atom is -0.386 e. The van der Waals surface area contributed by atoms with Crippen molar-refractivity contribution in [1.29, 1.82) is 0 Å². The topological polar surface area (TPSA) is 86.3 Å². The number of aromatic nitrogens is 1. The molecule has 6 heteroatoms. The maximum Gasteiger partial charge on any atom is 0.347 e. The molecule has 0 saturated heterocycles. The molecule has 0 unspecified atom stereocenters. The number of rotatable bonds is 11. The standard InChI is InChI=1S/C40H33NO5/c1-2-3-4-5-6-7-8-9-10-11-20-41-37(42)33-23-16-12-21-14-18-25-31-27(21)29(23)30-24(34(33)38(41)43)17-13-22-15-19-26(32(31)28(22)30)36-35(25)39(44)46-40(36)45/h12-19H,2-11,20H2,1H3. The van der Waals surface area contributed by atoms with Gasteiger partial charge in [-0.05, 0) is 71.1 Å². The summed E-state index contributed by atoms with van der Waals surface area (Å²) in [6, 6.07) is 15.7. The monoisotopic (exact) mass is 607 g/mol. The first-order valence-electron chi connectivity index (χ1n) is 16.8. The predicted molar refractivity (Wildman–Crippen MR) is 190 cm³/mol. The lowest BCUT2D eigenvalue weighted by Crippen LogP contribution is -2.25. The van der Waals surface area contributed by atoms with Crippen LogP contribution in [0.15, 0.2) is 72.1 Å². The SMILES string of the molecule is CCCCCCCCCCCCn1c(=O)c2c3ccc4ccc5c6c(=O)oc(=O)c6c6ccc7ccc(c2c1=O)c1c7c6c5c4c31.